The van der Waals surface area contributed by atoms with Crippen LogP contribution in [-0.2, 0) is 32.6 Å². The summed E-state index contributed by atoms with van der Waals surface area (Å²) in [5.41, 5.74) is 6.70. The molecular weight excluding hydrogens is 621 g/mol. The van der Waals surface area contributed by atoms with E-state index in [1.807, 2.05) is 42.5 Å². The molecule has 1 N–H and O–H groups in total. The Morgan fingerprint density at radius 1 is 0.896 bits per heavy atom. The molecule has 0 saturated heterocycles. The molecule has 1 aliphatic heterocycles. The second-order valence-corrected chi connectivity index (χ2v) is 13.5. The van der Waals surface area contributed by atoms with Gasteiger partial charge < -0.3 is 24.3 Å². The third-order valence-electron chi connectivity index (χ3n) is 8.38. The van der Waals surface area contributed by atoms with Crippen molar-refractivity contribution in [2.45, 2.75) is 70.1 Å². The van der Waals surface area contributed by atoms with Crippen molar-refractivity contribution < 1.29 is 18.5 Å². The highest BCUT2D eigenvalue weighted by Crippen LogP contribution is 2.33. The molecule has 2 heterocycles. The molecular formula is C39H48N4O4S. The Morgan fingerprint density at radius 3 is 2.42 bits per heavy atom. The van der Waals surface area contributed by atoms with E-state index in [9.17, 15) is 9.00 Å². The molecule has 0 radical (unpaired) electrons. The van der Waals surface area contributed by atoms with Crippen LogP contribution in [0.3, 0.4) is 0 Å². The fourth-order valence-corrected chi connectivity index (χ4v) is 6.91. The topological polar surface area (TPSA) is 85.7 Å². The molecule has 0 unspecified atom stereocenters. The van der Waals surface area contributed by atoms with Gasteiger partial charge in [0.15, 0.2) is 0 Å². The highest BCUT2D eigenvalue weighted by molar-refractivity contribution is 7.84. The van der Waals surface area contributed by atoms with Crippen LogP contribution in [0.25, 0.3) is 17.2 Å². The number of hydrogen-bond donors (Lipinski definition) is 1. The van der Waals surface area contributed by atoms with Crippen molar-refractivity contribution in [3.8, 4) is 16.9 Å². The molecule has 0 aliphatic carbocycles. The molecule has 1 aliphatic rings. The third-order valence-corrected chi connectivity index (χ3v) is 9.73. The number of amides is 1. The van der Waals surface area contributed by atoms with Gasteiger partial charge in [-0.1, -0.05) is 45.4 Å². The fourth-order valence-electron chi connectivity index (χ4n) is 5.79. The summed E-state index contributed by atoms with van der Waals surface area (Å²) in [7, 11) is -1.21. The van der Waals surface area contributed by atoms with Gasteiger partial charge in [-0.25, -0.2) is 4.98 Å². The van der Waals surface area contributed by atoms with Crippen molar-refractivity contribution in [1.29, 1.82) is 0 Å². The number of carbonyl (C=O) groups excluding carboxylic acids is 1. The molecule has 8 nitrogen and oxygen atoms in total. The van der Waals surface area contributed by atoms with Crippen molar-refractivity contribution in [3.05, 3.63) is 96.1 Å². The molecule has 5 rings (SSSR count). The number of anilines is 2. The van der Waals surface area contributed by atoms with Gasteiger partial charge in [0.25, 0.3) is 5.91 Å². The Hall–Kier alpha value is -4.21. The first-order valence-corrected chi connectivity index (χ1v) is 18.5. The van der Waals surface area contributed by atoms with Gasteiger partial charge in [0.2, 0.25) is 0 Å². The lowest BCUT2D eigenvalue weighted by molar-refractivity contribution is -0.112. The van der Waals surface area contributed by atoms with Gasteiger partial charge in [0.05, 0.1) is 35.2 Å². The number of ether oxygens (including phenoxy) is 2. The van der Waals surface area contributed by atoms with Crippen molar-refractivity contribution in [3.63, 3.8) is 0 Å². The van der Waals surface area contributed by atoms with E-state index >= 15 is 0 Å². The largest absolute Gasteiger partial charge is 0.491 e. The number of carbonyl (C=O) groups is 1. The van der Waals surface area contributed by atoms with E-state index in [0.29, 0.717) is 31.1 Å². The number of imidazole rings is 1. The number of unbranched alkanes of at least 4 members (excludes halogenated alkanes) is 1. The number of nitrogens with one attached hydrogen (secondary N) is 1. The van der Waals surface area contributed by atoms with Crippen LogP contribution in [0.1, 0.15) is 64.1 Å². The van der Waals surface area contributed by atoms with Crippen LogP contribution < -0.4 is 15.0 Å². The van der Waals surface area contributed by atoms with E-state index in [0.717, 1.165) is 96.2 Å². The summed E-state index contributed by atoms with van der Waals surface area (Å²) in [6.45, 7) is 10.9. The molecule has 48 heavy (non-hydrogen) atoms. The smallest absolute Gasteiger partial charge is 0.251 e. The third kappa shape index (κ3) is 9.45. The first kappa shape index (κ1) is 35.1. The first-order valence-electron chi connectivity index (χ1n) is 17.2. The van der Waals surface area contributed by atoms with Crippen molar-refractivity contribution in [1.82, 2.24) is 9.55 Å². The molecule has 4 aromatic rings. The van der Waals surface area contributed by atoms with E-state index in [4.69, 9.17) is 9.47 Å². The maximum atomic E-state index is 13.6. The summed E-state index contributed by atoms with van der Waals surface area (Å²) in [6, 6.07) is 21.9. The van der Waals surface area contributed by atoms with Crippen LogP contribution >= 0.6 is 0 Å². The van der Waals surface area contributed by atoms with Gasteiger partial charge in [-0.15, -0.1) is 0 Å². The standard InChI is InChI=1S/C39H48N4O4S/c1-4-7-22-46-23-24-47-36-13-8-30(9-14-36)31-10-17-38-33(25-31)26-32(18-21-42(38)19-5-2)39(44)41-34-11-15-37(16-12-34)48(45)28-35-27-40-29-43(35)20-6-3/h8-17,25-27,29H,4-7,18-24,28H2,1-3H3,(H,41,44)/t48-/m1/s1. The Morgan fingerprint density at radius 2 is 1.67 bits per heavy atom. The number of fused-ring (bicyclic) bond motifs is 1. The summed E-state index contributed by atoms with van der Waals surface area (Å²) >= 11 is 0. The van der Waals surface area contributed by atoms with E-state index in [1.165, 1.54) is 0 Å². The number of aryl methyl sites for hydroxylation is 1. The van der Waals surface area contributed by atoms with Crippen LogP contribution in [0, 0.1) is 0 Å². The Balaban J connectivity index is 1.26. The molecule has 0 fully saturated rings. The number of hydrogen-bond acceptors (Lipinski definition) is 6. The predicted molar refractivity (Wildman–Crippen MR) is 196 cm³/mol. The maximum absolute atomic E-state index is 13.6. The number of rotatable bonds is 17. The lowest BCUT2D eigenvalue weighted by atomic mass is 10.00. The summed E-state index contributed by atoms with van der Waals surface area (Å²) in [5.74, 6) is 1.10. The lowest BCUT2D eigenvalue weighted by Gasteiger charge is -2.25. The van der Waals surface area contributed by atoms with Gasteiger partial charge >= 0.3 is 0 Å². The van der Waals surface area contributed by atoms with Gasteiger partial charge in [0.1, 0.15) is 12.4 Å². The summed E-state index contributed by atoms with van der Waals surface area (Å²) in [4.78, 5) is 20.9. The molecule has 0 saturated carbocycles. The quantitative estimate of drug-likeness (QED) is 0.115. The Kier molecular flexibility index (Phi) is 13.0. The van der Waals surface area contributed by atoms with E-state index < -0.39 is 10.8 Å². The molecule has 1 amide bonds. The zero-order valence-corrected chi connectivity index (χ0v) is 29.3. The van der Waals surface area contributed by atoms with Gasteiger partial charge in [-0.2, -0.15) is 0 Å². The Bertz CT molecular complexity index is 1680. The summed E-state index contributed by atoms with van der Waals surface area (Å²) < 4.78 is 26.6. The molecule has 0 spiro atoms. The Labute approximate surface area is 287 Å². The van der Waals surface area contributed by atoms with E-state index in [-0.39, 0.29) is 5.91 Å². The zero-order chi connectivity index (χ0) is 33.7. The molecule has 1 aromatic heterocycles. The van der Waals surface area contributed by atoms with Crippen LogP contribution in [0.4, 0.5) is 11.4 Å². The molecule has 0 bridgehead atoms. The number of aromatic nitrogens is 2. The van der Waals surface area contributed by atoms with Crippen molar-refractivity contribution in [2.24, 2.45) is 0 Å². The first-order chi connectivity index (χ1) is 23.5. The summed E-state index contributed by atoms with van der Waals surface area (Å²) in [6.07, 6.45) is 10.4. The monoisotopic (exact) mass is 668 g/mol. The number of benzene rings is 3. The minimum atomic E-state index is -1.21. The average molecular weight is 669 g/mol. The predicted octanol–water partition coefficient (Wildman–Crippen LogP) is 8.11. The van der Waals surface area contributed by atoms with Crippen molar-refractivity contribution >= 4 is 34.2 Å². The van der Waals surface area contributed by atoms with E-state index in [2.05, 4.69) is 70.9 Å². The second-order valence-electron chi connectivity index (χ2n) is 12.1. The highest BCUT2D eigenvalue weighted by Gasteiger charge is 2.20. The molecule has 1 atom stereocenters. The van der Waals surface area contributed by atoms with E-state index in [1.54, 1.807) is 12.5 Å². The second kappa shape index (κ2) is 17.8. The minimum absolute atomic E-state index is 0.123. The average Bonchev–Trinajstić information content (AvgIpc) is 3.45. The molecule has 9 heteroatoms. The van der Waals surface area contributed by atoms with Crippen LogP contribution in [0.2, 0.25) is 0 Å². The van der Waals surface area contributed by atoms with Gasteiger partial charge in [0, 0.05) is 54.3 Å². The van der Waals surface area contributed by atoms with Crippen molar-refractivity contribution in [2.75, 3.05) is 43.1 Å². The maximum Gasteiger partial charge on any atom is 0.251 e. The van der Waals surface area contributed by atoms with Gasteiger partial charge in [-0.3, -0.25) is 9.00 Å². The lowest BCUT2D eigenvalue weighted by Crippen LogP contribution is -2.26. The normalized spacial score (nSPS) is 13.4. The van der Waals surface area contributed by atoms with Crippen LogP contribution in [-0.4, -0.2) is 52.6 Å². The number of nitrogens with zero attached hydrogens (tertiary/aromatic N) is 3. The SMILES string of the molecule is CCCCOCCOc1ccc(-c2ccc3c(c2)C=C(C(=O)Nc2ccc([S@](=O)Cc4cncn4CCC)cc2)CCN3CCC)cc1. The fraction of sp³-hybridized carbons (Fsp3) is 0.385. The molecule has 3 aromatic carbocycles. The highest BCUT2D eigenvalue weighted by atomic mass is 32.2. The minimum Gasteiger partial charge on any atom is -0.491 e. The van der Waals surface area contributed by atoms with Crippen LogP contribution in [0.5, 0.6) is 5.75 Å². The van der Waals surface area contributed by atoms with Gasteiger partial charge in [-0.05, 0) is 97.0 Å². The zero-order valence-electron chi connectivity index (χ0n) is 28.5. The van der Waals surface area contributed by atoms with Crippen LogP contribution in [0.15, 0.2) is 89.7 Å². The summed E-state index contributed by atoms with van der Waals surface area (Å²) in [5, 5.41) is 3.08. The molecule has 254 valence electrons.